The summed E-state index contributed by atoms with van der Waals surface area (Å²) in [5, 5.41) is 0. The SMILES string of the molecule is CCCC(=O)C1(c2ccccc2)CCN(C(=O)CN(C)C(=O)c2ccc(-c3ccccc3)cc2)CC1. The van der Waals surface area contributed by atoms with E-state index in [0.29, 0.717) is 37.9 Å². The van der Waals surface area contributed by atoms with Crippen LogP contribution in [0.15, 0.2) is 84.9 Å². The Hall–Kier alpha value is -3.73. The predicted octanol–water partition coefficient (Wildman–Crippen LogP) is 5.36. The summed E-state index contributed by atoms with van der Waals surface area (Å²) < 4.78 is 0. The highest BCUT2D eigenvalue weighted by atomic mass is 16.2. The molecule has 0 aromatic heterocycles. The fourth-order valence-corrected chi connectivity index (χ4v) is 5.12. The van der Waals surface area contributed by atoms with E-state index in [-0.39, 0.29) is 24.1 Å². The van der Waals surface area contributed by atoms with E-state index in [9.17, 15) is 14.4 Å². The second-order valence-corrected chi connectivity index (χ2v) is 9.61. The van der Waals surface area contributed by atoms with Gasteiger partial charge in [0.2, 0.25) is 5.91 Å². The van der Waals surface area contributed by atoms with Crippen LogP contribution in [0.3, 0.4) is 0 Å². The van der Waals surface area contributed by atoms with Gasteiger partial charge in [-0.05, 0) is 48.1 Å². The van der Waals surface area contributed by atoms with Gasteiger partial charge >= 0.3 is 0 Å². The number of carbonyl (C=O) groups excluding carboxylic acids is 3. The van der Waals surface area contributed by atoms with Gasteiger partial charge in [0.25, 0.3) is 5.91 Å². The van der Waals surface area contributed by atoms with Gasteiger partial charge in [-0.3, -0.25) is 14.4 Å². The van der Waals surface area contributed by atoms with Crippen LogP contribution < -0.4 is 0 Å². The van der Waals surface area contributed by atoms with Crippen LogP contribution in [0.25, 0.3) is 11.1 Å². The highest BCUT2D eigenvalue weighted by molar-refractivity contribution is 5.97. The largest absolute Gasteiger partial charge is 0.341 e. The Morgan fingerprint density at radius 2 is 1.36 bits per heavy atom. The normalized spacial score (nSPS) is 14.8. The summed E-state index contributed by atoms with van der Waals surface area (Å²) in [6, 6.07) is 27.4. The van der Waals surface area contributed by atoms with E-state index in [1.54, 1.807) is 24.1 Å². The van der Waals surface area contributed by atoms with Crippen molar-refractivity contribution in [2.45, 2.75) is 38.0 Å². The number of likely N-dealkylation sites (N-methyl/N-ethyl adjacent to an activating group) is 1. The Morgan fingerprint density at radius 3 is 1.94 bits per heavy atom. The molecule has 0 saturated carbocycles. The van der Waals surface area contributed by atoms with Crippen molar-refractivity contribution in [1.29, 1.82) is 0 Å². The van der Waals surface area contributed by atoms with Crippen molar-refractivity contribution in [2.75, 3.05) is 26.7 Å². The molecule has 5 nitrogen and oxygen atoms in total. The molecule has 186 valence electrons. The Bertz CT molecular complexity index is 1180. The summed E-state index contributed by atoms with van der Waals surface area (Å²) in [6.45, 7) is 3.06. The van der Waals surface area contributed by atoms with Gasteiger partial charge in [0, 0.05) is 32.1 Å². The Morgan fingerprint density at radius 1 is 0.806 bits per heavy atom. The lowest BCUT2D eigenvalue weighted by Crippen LogP contribution is -2.51. The second-order valence-electron chi connectivity index (χ2n) is 9.61. The lowest BCUT2D eigenvalue weighted by Gasteiger charge is -2.41. The van der Waals surface area contributed by atoms with Gasteiger partial charge in [-0.15, -0.1) is 0 Å². The molecule has 1 aliphatic heterocycles. The first-order valence-corrected chi connectivity index (χ1v) is 12.7. The molecular weight excluding hydrogens is 448 g/mol. The molecule has 0 aliphatic carbocycles. The molecule has 3 aromatic carbocycles. The van der Waals surface area contributed by atoms with Crippen molar-refractivity contribution < 1.29 is 14.4 Å². The zero-order chi connectivity index (χ0) is 25.5. The maximum Gasteiger partial charge on any atom is 0.254 e. The lowest BCUT2D eigenvalue weighted by atomic mass is 9.68. The van der Waals surface area contributed by atoms with E-state index >= 15 is 0 Å². The van der Waals surface area contributed by atoms with Gasteiger partial charge in [0.1, 0.15) is 5.78 Å². The molecule has 0 N–H and O–H groups in total. The third kappa shape index (κ3) is 5.40. The maximum atomic E-state index is 13.2. The average Bonchev–Trinajstić information content (AvgIpc) is 2.93. The van der Waals surface area contributed by atoms with E-state index in [0.717, 1.165) is 23.1 Å². The Balaban J connectivity index is 1.38. The van der Waals surface area contributed by atoms with Crippen LogP contribution in [0.5, 0.6) is 0 Å². The summed E-state index contributed by atoms with van der Waals surface area (Å²) in [7, 11) is 1.66. The van der Waals surface area contributed by atoms with E-state index < -0.39 is 5.41 Å². The number of likely N-dealkylation sites (tertiary alicyclic amines) is 1. The third-order valence-corrected chi connectivity index (χ3v) is 7.26. The smallest absolute Gasteiger partial charge is 0.254 e. The summed E-state index contributed by atoms with van der Waals surface area (Å²) in [6.07, 6.45) is 2.58. The first kappa shape index (κ1) is 25.4. The van der Waals surface area contributed by atoms with Crippen LogP contribution in [0, 0.1) is 0 Å². The van der Waals surface area contributed by atoms with Crippen molar-refractivity contribution in [3.05, 3.63) is 96.1 Å². The molecule has 1 heterocycles. The number of benzene rings is 3. The van der Waals surface area contributed by atoms with Crippen molar-refractivity contribution in [3.63, 3.8) is 0 Å². The highest BCUT2D eigenvalue weighted by Gasteiger charge is 2.42. The molecule has 2 amide bonds. The predicted molar refractivity (Wildman–Crippen MR) is 143 cm³/mol. The number of amides is 2. The summed E-state index contributed by atoms with van der Waals surface area (Å²) >= 11 is 0. The van der Waals surface area contributed by atoms with E-state index in [1.807, 2.05) is 79.7 Å². The van der Waals surface area contributed by atoms with Crippen LogP contribution in [0.2, 0.25) is 0 Å². The van der Waals surface area contributed by atoms with E-state index in [2.05, 4.69) is 0 Å². The molecule has 0 bridgehead atoms. The summed E-state index contributed by atoms with van der Waals surface area (Å²) in [4.78, 5) is 42.5. The first-order chi connectivity index (χ1) is 17.4. The number of ketones is 1. The second kappa shape index (κ2) is 11.3. The van der Waals surface area contributed by atoms with Gasteiger partial charge < -0.3 is 9.80 Å². The lowest BCUT2D eigenvalue weighted by molar-refractivity contribution is -0.136. The van der Waals surface area contributed by atoms with Crippen molar-refractivity contribution in [3.8, 4) is 11.1 Å². The van der Waals surface area contributed by atoms with Crippen LogP contribution in [-0.4, -0.2) is 54.1 Å². The number of hydrogen-bond acceptors (Lipinski definition) is 3. The number of nitrogens with zero attached hydrogens (tertiary/aromatic N) is 2. The molecule has 0 radical (unpaired) electrons. The van der Waals surface area contributed by atoms with Crippen molar-refractivity contribution >= 4 is 17.6 Å². The molecule has 5 heteroatoms. The van der Waals surface area contributed by atoms with Gasteiger partial charge in [0.15, 0.2) is 0 Å². The molecule has 3 aromatic rings. The van der Waals surface area contributed by atoms with Gasteiger partial charge in [-0.1, -0.05) is 79.7 Å². The standard InChI is InChI=1S/C31H34N2O3/c1-3-10-28(34)31(27-13-8-5-9-14-27)19-21-33(22-20-31)29(35)23-32(2)30(36)26-17-15-25(16-18-26)24-11-6-4-7-12-24/h4-9,11-18H,3,10,19-23H2,1-2H3. The zero-order valence-electron chi connectivity index (χ0n) is 21.2. The monoisotopic (exact) mass is 482 g/mol. The minimum atomic E-state index is -0.531. The zero-order valence-corrected chi connectivity index (χ0v) is 21.2. The fourth-order valence-electron chi connectivity index (χ4n) is 5.12. The molecular formula is C31H34N2O3. The molecule has 0 spiro atoms. The molecule has 0 atom stereocenters. The van der Waals surface area contributed by atoms with Gasteiger partial charge in [-0.25, -0.2) is 0 Å². The summed E-state index contributed by atoms with van der Waals surface area (Å²) in [5.41, 5.74) is 3.20. The topological polar surface area (TPSA) is 57.7 Å². The van der Waals surface area contributed by atoms with Crippen LogP contribution in [0.4, 0.5) is 0 Å². The molecule has 4 rings (SSSR count). The number of carbonyl (C=O) groups is 3. The minimum Gasteiger partial charge on any atom is -0.341 e. The van der Waals surface area contributed by atoms with E-state index in [1.165, 1.54) is 4.90 Å². The Kier molecular flexibility index (Phi) is 7.99. The number of rotatable bonds is 8. The van der Waals surface area contributed by atoms with Crippen LogP contribution in [-0.2, 0) is 15.0 Å². The summed E-state index contributed by atoms with van der Waals surface area (Å²) in [5.74, 6) is -0.0115. The number of piperidine rings is 1. The van der Waals surface area contributed by atoms with Crippen molar-refractivity contribution in [1.82, 2.24) is 9.80 Å². The molecule has 1 fully saturated rings. The molecule has 36 heavy (non-hydrogen) atoms. The van der Waals surface area contributed by atoms with E-state index in [4.69, 9.17) is 0 Å². The number of hydrogen-bond donors (Lipinski definition) is 0. The van der Waals surface area contributed by atoms with Crippen molar-refractivity contribution in [2.24, 2.45) is 0 Å². The molecule has 0 unspecified atom stereocenters. The number of Topliss-reactive ketones (excluding diaryl/α,β-unsaturated/α-hetero) is 1. The Labute approximate surface area is 213 Å². The molecule has 1 aliphatic rings. The fraction of sp³-hybridized carbons (Fsp3) is 0.323. The highest BCUT2D eigenvalue weighted by Crippen LogP contribution is 2.37. The quantitative estimate of drug-likeness (QED) is 0.435. The maximum absolute atomic E-state index is 13.2. The third-order valence-electron chi connectivity index (χ3n) is 7.26. The van der Waals surface area contributed by atoms with Gasteiger partial charge in [-0.2, -0.15) is 0 Å². The van der Waals surface area contributed by atoms with Crippen LogP contribution in [0.1, 0.15) is 48.5 Å². The van der Waals surface area contributed by atoms with Crippen LogP contribution >= 0.6 is 0 Å². The minimum absolute atomic E-state index is 0.0144. The average molecular weight is 483 g/mol. The van der Waals surface area contributed by atoms with Gasteiger partial charge in [0.05, 0.1) is 12.0 Å². The molecule has 1 saturated heterocycles. The first-order valence-electron chi connectivity index (χ1n) is 12.7.